The quantitative estimate of drug-likeness (QED) is 0.0221. The summed E-state index contributed by atoms with van der Waals surface area (Å²) in [6.07, 6.45) is 4.71. The minimum atomic E-state index is -1.52. The van der Waals surface area contributed by atoms with Crippen molar-refractivity contribution in [3.05, 3.63) is 106 Å². The summed E-state index contributed by atoms with van der Waals surface area (Å²) in [5, 5.41) is 0. The lowest BCUT2D eigenvalue weighted by Crippen LogP contribution is -2.34. The van der Waals surface area contributed by atoms with Crippen LogP contribution in [0.4, 0.5) is 0 Å². The fourth-order valence-corrected chi connectivity index (χ4v) is 9.48. The number of carbonyl (C=O) groups is 2. The zero-order chi connectivity index (χ0) is 54.7. The van der Waals surface area contributed by atoms with E-state index >= 15 is 0 Å². The van der Waals surface area contributed by atoms with E-state index in [2.05, 4.69) is 65.1 Å². The molecule has 0 bridgehead atoms. The van der Waals surface area contributed by atoms with Crippen LogP contribution in [0.1, 0.15) is 193 Å². The first-order valence-electron chi connectivity index (χ1n) is 27.8. The predicted octanol–water partition coefficient (Wildman–Crippen LogP) is 15.5. The Bertz CT molecular complexity index is 2380. The maximum absolute atomic E-state index is 14.2. The standard InChI is InChI=1S/C63H86O12/c1-15-33-66-47(23-9)49-53(68-35-17-3)51(57(70-37-19-5)59(72-39-21-7)55(49)74-61(64)41(11)12)63(45-31-27-25-29-43(45)44-30-26-28-32-46(44)63)52-54(69-36-18-4)50(48(24-10)67-34-16-2)56(75-62(65)42(13)14)60(73-40-22-8)58(52)71-38-20-6/h25-32,47-48H,11,13,15-24,33-40H2,1-10,12,14H3. The first-order valence-corrected chi connectivity index (χ1v) is 27.8. The van der Waals surface area contributed by atoms with Crippen LogP contribution >= 0.6 is 0 Å². The second-order valence-electron chi connectivity index (χ2n) is 19.0. The minimum absolute atomic E-state index is 0.133. The van der Waals surface area contributed by atoms with Gasteiger partial charge in [0.2, 0.25) is 11.5 Å². The van der Waals surface area contributed by atoms with Crippen LogP contribution < -0.4 is 37.9 Å². The molecule has 0 amide bonds. The summed E-state index contributed by atoms with van der Waals surface area (Å²) in [5.74, 6) is 0.786. The second-order valence-corrected chi connectivity index (χ2v) is 19.0. The maximum Gasteiger partial charge on any atom is 0.338 e. The molecule has 4 aromatic carbocycles. The Morgan fingerprint density at radius 2 is 0.707 bits per heavy atom. The van der Waals surface area contributed by atoms with Gasteiger partial charge in [0, 0.05) is 24.4 Å². The van der Waals surface area contributed by atoms with Crippen molar-refractivity contribution in [2.75, 3.05) is 52.9 Å². The maximum atomic E-state index is 14.2. The molecule has 2 unspecified atom stereocenters. The summed E-state index contributed by atoms with van der Waals surface area (Å²) in [7, 11) is 0. The normalized spacial score (nSPS) is 13.0. The van der Waals surface area contributed by atoms with Gasteiger partial charge in [-0.25, -0.2) is 9.59 Å². The van der Waals surface area contributed by atoms with E-state index < -0.39 is 29.6 Å². The number of ether oxygens (including phenoxy) is 10. The lowest BCUT2D eigenvalue weighted by atomic mass is 9.65. The van der Waals surface area contributed by atoms with Crippen LogP contribution in [0.15, 0.2) is 72.8 Å². The fraction of sp³-hybridized carbons (Fsp3) is 0.524. The smallest absolute Gasteiger partial charge is 0.338 e. The molecular formula is C63H86O12. The molecule has 0 radical (unpaired) electrons. The van der Waals surface area contributed by atoms with Gasteiger partial charge < -0.3 is 47.4 Å². The lowest BCUT2D eigenvalue weighted by Gasteiger charge is -2.41. The number of hydrogen-bond acceptors (Lipinski definition) is 12. The van der Waals surface area contributed by atoms with E-state index in [1.807, 2.05) is 65.8 Å². The van der Waals surface area contributed by atoms with Gasteiger partial charge in [-0.05, 0) is 100 Å². The van der Waals surface area contributed by atoms with Crippen LogP contribution in [-0.4, -0.2) is 64.8 Å². The number of benzene rings is 4. The van der Waals surface area contributed by atoms with Gasteiger partial charge in [0.15, 0.2) is 23.0 Å². The van der Waals surface area contributed by atoms with Gasteiger partial charge in [0.1, 0.15) is 11.5 Å². The predicted molar refractivity (Wildman–Crippen MR) is 298 cm³/mol. The molecule has 0 saturated heterocycles. The van der Waals surface area contributed by atoms with Crippen molar-refractivity contribution in [2.45, 2.75) is 165 Å². The average molecular weight is 1040 g/mol. The minimum Gasteiger partial charge on any atom is -0.493 e. The van der Waals surface area contributed by atoms with Crippen molar-refractivity contribution in [3.8, 4) is 57.1 Å². The Morgan fingerprint density at radius 3 is 1.00 bits per heavy atom. The van der Waals surface area contributed by atoms with Crippen LogP contribution in [0.5, 0.6) is 46.0 Å². The number of esters is 2. The van der Waals surface area contributed by atoms with Gasteiger partial charge in [-0.3, -0.25) is 0 Å². The average Bonchev–Trinajstić information content (AvgIpc) is 3.71. The SMILES string of the molecule is C=C(C)C(=O)Oc1c(OCCC)c(OCCC)c(C2(c3c(OCCC)c(OCCC)c(OC(=O)C(=C)C)c(C(CC)OCCC)c3OCCC)c3ccccc3-c3ccccc32)c(OCCC)c1C(CC)OCCC. The van der Waals surface area contributed by atoms with Crippen molar-refractivity contribution in [3.63, 3.8) is 0 Å². The number of rotatable bonds is 34. The van der Waals surface area contributed by atoms with Crippen molar-refractivity contribution >= 4 is 11.9 Å². The highest BCUT2D eigenvalue weighted by atomic mass is 16.6. The molecule has 1 aliphatic carbocycles. The fourth-order valence-electron chi connectivity index (χ4n) is 9.48. The number of fused-ring (bicyclic) bond motifs is 3. The van der Waals surface area contributed by atoms with Crippen LogP contribution in [0.25, 0.3) is 11.1 Å². The highest BCUT2D eigenvalue weighted by Gasteiger charge is 2.57. The molecule has 0 saturated carbocycles. The van der Waals surface area contributed by atoms with Gasteiger partial charge in [0.25, 0.3) is 0 Å². The molecule has 1 aliphatic rings. The lowest BCUT2D eigenvalue weighted by molar-refractivity contribution is -0.131. The summed E-state index contributed by atoms with van der Waals surface area (Å²) in [4.78, 5) is 28.4. The van der Waals surface area contributed by atoms with Gasteiger partial charge in [0.05, 0.1) is 79.5 Å². The summed E-state index contributed by atoms with van der Waals surface area (Å²) >= 11 is 0. The molecule has 0 aliphatic heterocycles. The first-order chi connectivity index (χ1) is 36.4. The zero-order valence-electron chi connectivity index (χ0n) is 47.3. The third-order valence-electron chi connectivity index (χ3n) is 12.6. The molecule has 0 fully saturated rings. The molecule has 0 spiro atoms. The summed E-state index contributed by atoms with van der Waals surface area (Å²) in [5.41, 5.74) is 4.52. The molecule has 4 aromatic rings. The Morgan fingerprint density at radius 1 is 0.413 bits per heavy atom. The number of hydrogen-bond donors (Lipinski definition) is 0. The molecule has 12 heteroatoms. The molecule has 410 valence electrons. The van der Waals surface area contributed by atoms with E-state index in [9.17, 15) is 9.59 Å². The first kappa shape index (κ1) is 59.9. The largest absolute Gasteiger partial charge is 0.493 e. The van der Waals surface area contributed by atoms with Crippen LogP contribution in [0, 0.1) is 0 Å². The molecule has 5 rings (SSSR count). The molecule has 0 heterocycles. The molecule has 0 aromatic heterocycles. The highest BCUT2D eigenvalue weighted by Crippen LogP contribution is 2.69. The summed E-state index contributed by atoms with van der Waals surface area (Å²) < 4.78 is 70.2. The van der Waals surface area contributed by atoms with Gasteiger partial charge >= 0.3 is 11.9 Å². The Hall–Kier alpha value is -5.98. The molecule has 2 atom stereocenters. The van der Waals surface area contributed by atoms with E-state index in [-0.39, 0.29) is 73.8 Å². The third-order valence-corrected chi connectivity index (χ3v) is 12.6. The summed E-state index contributed by atoms with van der Waals surface area (Å²) in [6, 6.07) is 16.7. The topological polar surface area (TPSA) is 126 Å². The highest BCUT2D eigenvalue weighted by molar-refractivity contribution is 5.95. The second kappa shape index (κ2) is 29.4. The van der Waals surface area contributed by atoms with Crippen molar-refractivity contribution < 1.29 is 57.0 Å². The van der Waals surface area contributed by atoms with E-state index in [4.69, 9.17) is 47.4 Å². The Balaban J connectivity index is 2.40. The van der Waals surface area contributed by atoms with Crippen molar-refractivity contribution in [1.29, 1.82) is 0 Å². The monoisotopic (exact) mass is 1030 g/mol. The third kappa shape index (κ3) is 12.8. The van der Waals surface area contributed by atoms with E-state index in [1.165, 1.54) is 0 Å². The van der Waals surface area contributed by atoms with Crippen LogP contribution in [-0.2, 0) is 24.5 Å². The van der Waals surface area contributed by atoms with E-state index in [0.29, 0.717) is 110 Å². The Labute approximate surface area is 448 Å². The molecule has 0 N–H and O–H groups in total. The van der Waals surface area contributed by atoms with E-state index in [1.54, 1.807) is 13.8 Å². The van der Waals surface area contributed by atoms with Crippen LogP contribution in [0.2, 0.25) is 0 Å². The van der Waals surface area contributed by atoms with Gasteiger partial charge in [-0.15, -0.1) is 0 Å². The molecular weight excluding hydrogens is 949 g/mol. The molecule has 75 heavy (non-hydrogen) atoms. The van der Waals surface area contributed by atoms with Gasteiger partial charge in [-0.2, -0.15) is 0 Å². The number of carbonyl (C=O) groups excluding carboxylic acids is 2. The summed E-state index contributed by atoms with van der Waals surface area (Å²) in [6.45, 7) is 34.0. The Kier molecular flexibility index (Phi) is 23.4. The van der Waals surface area contributed by atoms with Crippen molar-refractivity contribution in [1.82, 2.24) is 0 Å². The molecule has 12 nitrogen and oxygen atoms in total. The zero-order valence-corrected chi connectivity index (χ0v) is 47.3. The van der Waals surface area contributed by atoms with Gasteiger partial charge in [-0.1, -0.05) is 131 Å². The van der Waals surface area contributed by atoms with Crippen LogP contribution in [0.3, 0.4) is 0 Å². The van der Waals surface area contributed by atoms with E-state index in [0.717, 1.165) is 35.1 Å². The van der Waals surface area contributed by atoms with Crippen molar-refractivity contribution in [2.24, 2.45) is 0 Å².